The van der Waals surface area contributed by atoms with E-state index < -0.39 is 21.2 Å². The predicted molar refractivity (Wildman–Crippen MR) is 150 cm³/mol. The van der Waals surface area contributed by atoms with Gasteiger partial charge in [0.05, 0.1) is 0 Å². The van der Waals surface area contributed by atoms with Crippen LogP contribution in [-0.2, 0) is 3.42 Å². The van der Waals surface area contributed by atoms with Gasteiger partial charge in [-0.1, -0.05) is 0 Å². The third-order valence-corrected chi connectivity index (χ3v) is 10.9. The van der Waals surface area contributed by atoms with Crippen LogP contribution in [0.1, 0.15) is 18.1 Å². The van der Waals surface area contributed by atoms with Gasteiger partial charge in [0.1, 0.15) is 0 Å². The molecule has 0 bridgehead atoms. The van der Waals surface area contributed by atoms with Crippen molar-refractivity contribution >= 4 is 11.8 Å². The van der Waals surface area contributed by atoms with Gasteiger partial charge in [-0.05, 0) is 0 Å². The van der Waals surface area contributed by atoms with Gasteiger partial charge in [0.15, 0.2) is 0 Å². The third-order valence-electron chi connectivity index (χ3n) is 6.58. The van der Waals surface area contributed by atoms with Gasteiger partial charge in [-0.25, -0.2) is 0 Å². The first-order valence-corrected chi connectivity index (χ1v) is 15.4. The molecule has 0 aliphatic heterocycles. The number of phenolic OH excluding ortho intramolecular Hbond substituents is 2. The SMILES string of the molecule is CSc1cccc([I-]C(C)(c2ccc(O)c(-c3ccccc3)c2)c2ccc(O)c(-c3ccccc3)c2)c1. The zero-order valence-electron chi connectivity index (χ0n) is 20.7. The molecule has 0 saturated heterocycles. The number of aromatic hydroxyl groups is 2. The van der Waals surface area contributed by atoms with E-state index in [1.807, 2.05) is 72.8 Å². The molecule has 5 aromatic carbocycles. The van der Waals surface area contributed by atoms with E-state index in [1.54, 1.807) is 11.8 Å². The number of alkyl halides is 1. The van der Waals surface area contributed by atoms with E-state index in [0.29, 0.717) is 0 Å². The normalized spacial score (nSPS) is 11.5. The molecule has 0 aromatic heterocycles. The summed E-state index contributed by atoms with van der Waals surface area (Å²) < 4.78 is 1.03. The first-order chi connectivity index (χ1) is 18.0. The Morgan fingerprint density at radius 2 is 1.11 bits per heavy atom. The van der Waals surface area contributed by atoms with E-state index in [9.17, 15) is 10.2 Å². The van der Waals surface area contributed by atoms with Gasteiger partial charge in [0.2, 0.25) is 0 Å². The Hall–Kier alpha value is -3.22. The Morgan fingerprint density at radius 1 is 0.595 bits per heavy atom. The van der Waals surface area contributed by atoms with E-state index in [0.717, 1.165) is 33.4 Å². The molecule has 0 heterocycles. The second-order valence-electron chi connectivity index (χ2n) is 8.95. The summed E-state index contributed by atoms with van der Waals surface area (Å²) in [4.78, 5) is 1.26. The van der Waals surface area contributed by atoms with Gasteiger partial charge in [-0.2, -0.15) is 0 Å². The first kappa shape index (κ1) is 25.4. The first-order valence-electron chi connectivity index (χ1n) is 12.1. The minimum absolute atomic E-state index is 0.274. The van der Waals surface area contributed by atoms with Crippen LogP contribution in [0.3, 0.4) is 0 Å². The van der Waals surface area contributed by atoms with Crippen LogP contribution < -0.4 is 21.2 Å². The Morgan fingerprint density at radius 3 is 1.59 bits per heavy atom. The van der Waals surface area contributed by atoms with Gasteiger partial charge in [-0.15, -0.1) is 0 Å². The number of benzene rings is 5. The molecule has 0 amide bonds. The van der Waals surface area contributed by atoms with Gasteiger partial charge >= 0.3 is 234 Å². The van der Waals surface area contributed by atoms with Gasteiger partial charge in [0.25, 0.3) is 0 Å². The number of phenols is 2. The van der Waals surface area contributed by atoms with E-state index >= 15 is 0 Å². The molecule has 186 valence electrons. The van der Waals surface area contributed by atoms with Crippen LogP contribution in [-0.4, -0.2) is 16.5 Å². The van der Waals surface area contributed by atoms with Crippen LogP contribution in [0.25, 0.3) is 22.3 Å². The maximum atomic E-state index is 10.8. The van der Waals surface area contributed by atoms with Gasteiger partial charge in [0, 0.05) is 0 Å². The Labute approximate surface area is 233 Å². The molecule has 0 radical (unpaired) electrons. The number of rotatable bonds is 7. The number of thioether (sulfide) groups is 1. The summed E-state index contributed by atoms with van der Waals surface area (Å²) in [5.74, 6) is 0.547. The van der Waals surface area contributed by atoms with Crippen LogP contribution >= 0.6 is 11.8 Å². The van der Waals surface area contributed by atoms with Crippen molar-refractivity contribution in [2.75, 3.05) is 6.26 Å². The minimum atomic E-state index is -0.565. The van der Waals surface area contributed by atoms with Crippen molar-refractivity contribution in [1.29, 1.82) is 0 Å². The molecule has 0 saturated carbocycles. The summed E-state index contributed by atoms with van der Waals surface area (Å²) >= 11 is 1.19. The van der Waals surface area contributed by atoms with Crippen molar-refractivity contribution in [3.05, 3.63) is 136 Å². The summed E-state index contributed by atoms with van der Waals surface area (Å²) in [7, 11) is 0. The van der Waals surface area contributed by atoms with Crippen molar-refractivity contribution in [2.45, 2.75) is 15.2 Å². The molecular weight excluding hydrogens is 587 g/mol. The van der Waals surface area contributed by atoms with E-state index in [2.05, 4.69) is 61.7 Å². The molecule has 2 N–H and O–H groups in total. The zero-order chi connectivity index (χ0) is 25.8. The molecule has 5 aromatic rings. The fraction of sp³-hybridized carbons (Fsp3) is 0.0909. The molecule has 37 heavy (non-hydrogen) atoms. The second-order valence-corrected chi connectivity index (χ2v) is 13.8. The van der Waals surface area contributed by atoms with Gasteiger partial charge in [-0.3, -0.25) is 0 Å². The summed E-state index contributed by atoms with van der Waals surface area (Å²) in [6.07, 6.45) is 2.11. The zero-order valence-corrected chi connectivity index (χ0v) is 23.7. The molecule has 0 aliphatic carbocycles. The molecule has 0 spiro atoms. The third kappa shape index (κ3) is 5.41. The van der Waals surface area contributed by atoms with Crippen LogP contribution in [0.15, 0.2) is 126 Å². The Bertz CT molecular complexity index is 1430. The molecule has 0 fully saturated rings. The van der Waals surface area contributed by atoms with Crippen LogP contribution in [0.5, 0.6) is 11.5 Å². The fourth-order valence-corrected chi connectivity index (χ4v) is 8.59. The maximum absolute atomic E-state index is 10.8. The average molecular weight is 616 g/mol. The van der Waals surface area contributed by atoms with Crippen molar-refractivity contribution in [1.82, 2.24) is 0 Å². The second kappa shape index (κ2) is 11.0. The predicted octanol–water partition coefficient (Wildman–Crippen LogP) is 5.38. The summed E-state index contributed by atoms with van der Waals surface area (Å²) in [5, 5.41) is 21.6. The summed E-state index contributed by atoms with van der Waals surface area (Å²) in [6.45, 7) is 2.30. The average Bonchev–Trinajstić information content (AvgIpc) is 2.94. The standard InChI is InChI=1S/C33H28IO2S/c1-33(34-27-14-9-15-28(22-27)37-2,25-16-18-31(35)29(20-25)23-10-5-3-6-11-23)26-17-19-32(36)30(21-26)24-12-7-4-8-13-24/h3-22,35-36H,1-2H3/q-1. The fourth-order valence-electron chi connectivity index (χ4n) is 4.50. The monoisotopic (exact) mass is 615 g/mol. The molecule has 4 heteroatoms. The van der Waals surface area contributed by atoms with Crippen molar-refractivity contribution in [3.8, 4) is 33.8 Å². The number of hydrogen-bond donors (Lipinski definition) is 2. The van der Waals surface area contributed by atoms with Crippen LogP contribution in [0, 0.1) is 3.57 Å². The molecule has 0 unspecified atom stereocenters. The van der Waals surface area contributed by atoms with Crippen LogP contribution in [0.4, 0.5) is 0 Å². The van der Waals surface area contributed by atoms with E-state index in [-0.39, 0.29) is 14.9 Å². The summed E-state index contributed by atoms with van der Waals surface area (Å²) in [6, 6.07) is 40.9. The quantitative estimate of drug-likeness (QED) is 0.147. The summed E-state index contributed by atoms with van der Waals surface area (Å²) in [5.41, 5.74) is 5.93. The van der Waals surface area contributed by atoms with Crippen molar-refractivity contribution in [2.24, 2.45) is 0 Å². The van der Waals surface area contributed by atoms with Crippen molar-refractivity contribution < 1.29 is 31.4 Å². The topological polar surface area (TPSA) is 40.5 Å². The van der Waals surface area contributed by atoms with Gasteiger partial charge < -0.3 is 0 Å². The number of halogens is 1. The number of hydrogen-bond acceptors (Lipinski definition) is 3. The molecule has 2 nitrogen and oxygen atoms in total. The van der Waals surface area contributed by atoms with Crippen molar-refractivity contribution in [3.63, 3.8) is 0 Å². The molecule has 5 rings (SSSR count). The van der Waals surface area contributed by atoms with E-state index in [1.165, 1.54) is 8.47 Å². The molecule has 0 atom stereocenters. The van der Waals surface area contributed by atoms with Crippen LogP contribution in [0.2, 0.25) is 0 Å². The molecular formula is C33H28IO2S-. The van der Waals surface area contributed by atoms with E-state index in [4.69, 9.17) is 0 Å². The molecule has 0 aliphatic rings. The Balaban J connectivity index is 1.69. The Kier molecular flexibility index (Phi) is 7.58.